The first-order valence-electron chi connectivity index (χ1n) is 7.55. The lowest BCUT2D eigenvalue weighted by atomic mass is 10.1. The first-order valence-corrected chi connectivity index (χ1v) is 9.37. The van der Waals surface area contributed by atoms with Gasteiger partial charge < -0.3 is 9.64 Å². The molecule has 2 unspecified atom stereocenters. The maximum absolute atomic E-state index is 13.3. The van der Waals surface area contributed by atoms with E-state index in [2.05, 4.69) is 0 Å². The molecule has 6 nitrogen and oxygen atoms in total. The Morgan fingerprint density at radius 1 is 1.38 bits per heavy atom. The van der Waals surface area contributed by atoms with Gasteiger partial charge in [-0.25, -0.2) is 17.6 Å². The molecule has 1 aromatic carbocycles. The highest BCUT2D eigenvalue weighted by Gasteiger charge is 2.35. The molecular weight excluding hydrogens is 337 g/mol. The van der Waals surface area contributed by atoms with Gasteiger partial charge in [0.15, 0.2) is 15.9 Å². The summed E-state index contributed by atoms with van der Waals surface area (Å²) in [6.07, 6.45) is -0.720. The van der Waals surface area contributed by atoms with Crippen molar-refractivity contribution in [2.24, 2.45) is 0 Å². The summed E-state index contributed by atoms with van der Waals surface area (Å²) in [7, 11) is -1.63. The third-order valence-electron chi connectivity index (χ3n) is 4.15. The van der Waals surface area contributed by atoms with Gasteiger partial charge >= 0.3 is 5.97 Å². The number of likely N-dealkylation sites (N-methyl/N-ethyl adjacent to an activating group) is 1. The van der Waals surface area contributed by atoms with E-state index in [0.29, 0.717) is 12.0 Å². The fraction of sp³-hybridized carbons (Fsp3) is 0.500. The van der Waals surface area contributed by atoms with Crippen molar-refractivity contribution in [2.75, 3.05) is 18.6 Å². The van der Waals surface area contributed by atoms with Crippen molar-refractivity contribution in [1.29, 1.82) is 0 Å². The molecule has 0 saturated carbocycles. The minimum Gasteiger partial charge on any atom is -0.449 e. The molecule has 0 aliphatic carbocycles. The molecule has 1 saturated heterocycles. The Bertz CT molecular complexity index is 762. The number of sulfone groups is 1. The van der Waals surface area contributed by atoms with Crippen molar-refractivity contribution in [3.05, 3.63) is 35.1 Å². The van der Waals surface area contributed by atoms with E-state index >= 15 is 0 Å². The highest BCUT2D eigenvalue weighted by molar-refractivity contribution is 7.91. The topological polar surface area (TPSA) is 80.8 Å². The second-order valence-electron chi connectivity index (χ2n) is 6.01. The van der Waals surface area contributed by atoms with Crippen LogP contribution in [0.3, 0.4) is 0 Å². The van der Waals surface area contributed by atoms with Crippen LogP contribution in [0.5, 0.6) is 0 Å². The number of rotatable bonds is 4. The summed E-state index contributed by atoms with van der Waals surface area (Å²) in [5.41, 5.74) is 0.594. The molecule has 1 aliphatic rings. The molecule has 132 valence electrons. The van der Waals surface area contributed by atoms with Crippen LogP contribution >= 0.6 is 0 Å². The molecule has 1 amide bonds. The Morgan fingerprint density at radius 3 is 2.62 bits per heavy atom. The van der Waals surface area contributed by atoms with Crippen molar-refractivity contribution >= 4 is 21.7 Å². The van der Waals surface area contributed by atoms with Gasteiger partial charge in [0.05, 0.1) is 17.1 Å². The monoisotopic (exact) mass is 357 g/mol. The summed E-state index contributed by atoms with van der Waals surface area (Å²) in [4.78, 5) is 25.8. The summed E-state index contributed by atoms with van der Waals surface area (Å²) >= 11 is 0. The van der Waals surface area contributed by atoms with E-state index in [1.165, 1.54) is 31.0 Å². The fourth-order valence-electron chi connectivity index (χ4n) is 2.64. The average molecular weight is 357 g/mol. The summed E-state index contributed by atoms with van der Waals surface area (Å²) in [5, 5.41) is 0. The van der Waals surface area contributed by atoms with Gasteiger partial charge in [-0.2, -0.15) is 0 Å². The van der Waals surface area contributed by atoms with E-state index in [9.17, 15) is 22.4 Å². The van der Waals surface area contributed by atoms with Crippen LogP contribution in [0, 0.1) is 12.7 Å². The third-order valence-corrected chi connectivity index (χ3v) is 5.91. The van der Waals surface area contributed by atoms with Gasteiger partial charge in [0, 0.05) is 13.1 Å². The maximum atomic E-state index is 13.3. The predicted molar refractivity (Wildman–Crippen MR) is 85.8 cm³/mol. The zero-order valence-corrected chi connectivity index (χ0v) is 14.6. The van der Waals surface area contributed by atoms with E-state index < -0.39 is 39.7 Å². The highest BCUT2D eigenvalue weighted by atomic mass is 32.2. The van der Waals surface area contributed by atoms with Crippen LogP contribution in [-0.4, -0.2) is 55.9 Å². The van der Waals surface area contributed by atoms with Gasteiger partial charge in [-0.05, 0) is 38.0 Å². The SMILES string of the molecule is Cc1ccc(F)cc1C(=O)OC(C)C(=O)N(C)C1CCS(=O)(=O)C1. The Kier molecular flexibility index (Phi) is 5.27. The normalized spacial score (nSPS) is 20.4. The number of benzene rings is 1. The quantitative estimate of drug-likeness (QED) is 0.760. The molecule has 8 heteroatoms. The van der Waals surface area contributed by atoms with Crippen molar-refractivity contribution < 1.29 is 27.1 Å². The smallest absolute Gasteiger partial charge is 0.339 e. The Hall–Kier alpha value is -1.96. The average Bonchev–Trinajstić information content (AvgIpc) is 2.88. The minimum atomic E-state index is -3.12. The zero-order valence-electron chi connectivity index (χ0n) is 13.8. The van der Waals surface area contributed by atoms with Gasteiger partial charge in [-0.15, -0.1) is 0 Å². The van der Waals surface area contributed by atoms with Crippen LogP contribution < -0.4 is 0 Å². The van der Waals surface area contributed by atoms with Gasteiger partial charge in [-0.1, -0.05) is 6.07 Å². The van der Waals surface area contributed by atoms with Gasteiger partial charge in [-0.3, -0.25) is 4.79 Å². The van der Waals surface area contributed by atoms with Crippen LogP contribution in [0.15, 0.2) is 18.2 Å². The standard InChI is InChI=1S/C16H20FNO5S/c1-10-4-5-12(17)8-14(10)16(20)23-11(2)15(19)18(3)13-6-7-24(21,22)9-13/h4-5,8,11,13H,6-7,9H2,1-3H3. The number of halogens is 1. The van der Waals surface area contributed by atoms with Crippen LogP contribution in [0.4, 0.5) is 4.39 Å². The summed E-state index contributed by atoms with van der Waals surface area (Å²) < 4.78 is 41.4. The number of ether oxygens (including phenoxy) is 1. The Morgan fingerprint density at radius 2 is 2.04 bits per heavy atom. The summed E-state index contributed by atoms with van der Waals surface area (Å²) in [6, 6.07) is 3.32. The molecule has 1 aromatic rings. The van der Waals surface area contributed by atoms with E-state index in [-0.39, 0.29) is 17.1 Å². The lowest BCUT2D eigenvalue weighted by Crippen LogP contribution is -2.44. The number of hydrogen-bond donors (Lipinski definition) is 0. The molecule has 2 atom stereocenters. The number of carbonyl (C=O) groups excluding carboxylic acids is 2. The number of carbonyl (C=O) groups is 2. The summed E-state index contributed by atoms with van der Waals surface area (Å²) in [5.74, 6) is -1.88. The molecule has 0 bridgehead atoms. The zero-order chi connectivity index (χ0) is 18.1. The molecule has 1 aliphatic heterocycles. The molecule has 1 fully saturated rings. The molecule has 24 heavy (non-hydrogen) atoms. The fourth-order valence-corrected chi connectivity index (χ4v) is 4.41. The molecular formula is C16H20FNO5S. The van der Waals surface area contributed by atoms with Crippen LogP contribution in [0.25, 0.3) is 0 Å². The molecule has 0 aromatic heterocycles. The summed E-state index contributed by atoms with van der Waals surface area (Å²) in [6.45, 7) is 3.05. The van der Waals surface area contributed by atoms with Crippen LogP contribution in [0.1, 0.15) is 29.3 Å². The lowest BCUT2D eigenvalue weighted by Gasteiger charge is -2.26. The molecule has 0 spiro atoms. The number of aryl methyl sites for hydroxylation is 1. The lowest BCUT2D eigenvalue weighted by molar-refractivity contribution is -0.140. The first-order chi connectivity index (χ1) is 11.1. The van der Waals surface area contributed by atoms with Crippen molar-refractivity contribution in [2.45, 2.75) is 32.4 Å². The van der Waals surface area contributed by atoms with E-state index in [1.807, 2.05) is 0 Å². The maximum Gasteiger partial charge on any atom is 0.339 e. The van der Waals surface area contributed by atoms with Gasteiger partial charge in [0.2, 0.25) is 0 Å². The molecule has 0 radical (unpaired) electrons. The molecule has 1 heterocycles. The third kappa shape index (κ3) is 4.11. The van der Waals surface area contributed by atoms with E-state index in [1.54, 1.807) is 6.92 Å². The minimum absolute atomic E-state index is 0.0476. The van der Waals surface area contributed by atoms with Gasteiger partial charge in [0.1, 0.15) is 5.82 Å². The van der Waals surface area contributed by atoms with Crippen molar-refractivity contribution in [3.63, 3.8) is 0 Å². The van der Waals surface area contributed by atoms with E-state index in [4.69, 9.17) is 4.74 Å². The number of hydrogen-bond acceptors (Lipinski definition) is 5. The van der Waals surface area contributed by atoms with Crippen molar-refractivity contribution in [3.8, 4) is 0 Å². The van der Waals surface area contributed by atoms with Gasteiger partial charge in [0.25, 0.3) is 5.91 Å². The van der Waals surface area contributed by atoms with E-state index in [0.717, 1.165) is 6.07 Å². The second-order valence-corrected chi connectivity index (χ2v) is 8.24. The van der Waals surface area contributed by atoms with Crippen LogP contribution in [-0.2, 0) is 19.4 Å². The number of nitrogens with zero attached hydrogens (tertiary/aromatic N) is 1. The first kappa shape index (κ1) is 18.4. The van der Waals surface area contributed by atoms with Crippen LogP contribution in [0.2, 0.25) is 0 Å². The van der Waals surface area contributed by atoms with Crippen molar-refractivity contribution in [1.82, 2.24) is 4.90 Å². The largest absolute Gasteiger partial charge is 0.449 e. The highest BCUT2D eigenvalue weighted by Crippen LogP contribution is 2.18. The molecule has 2 rings (SSSR count). The number of amides is 1. The molecule has 0 N–H and O–H groups in total. The predicted octanol–water partition coefficient (Wildman–Crippen LogP) is 1.32. The Labute approximate surface area is 140 Å². The number of esters is 1. The Balaban J connectivity index is 2.03. The second kappa shape index (κ2) is 6.88.